The van der Waals surface area contributed by atoms with Gasteiger partial charge in [0, 0.05) is 0 Å². The quantitative estimate of drug-likeness (QED) is 0.754. The highest BCUT2D eigenvalue weighted by Gasteiger charge is 2.53. The fourth-order valence-electron chi connectivity index (χ4n) is 3.35. The van der Waals surface area contributed by atoms with Crippen molar-refractivity contribution in [3.8, 4) is 0 Å². The van der Waals surface area contributed by atoms with Gasteiger partial charge in [-0.2, -0.15) is 0 Å². The molecule has 0 saturated heterocycles. The molecule has 16 heavy (non-hydrogen) atoms. The topological polar surface area (TPSA) is 46.5 Å². The van der Waals surface area contributed by atoms with Gasteiger partial charge in [0.2, 0.25) is 0 Å². The zero-order valence-electron chi connectivity index (χ0n) is 11.0. The molecule has 0 heterocycles. The van der Waals surface area contributed by atoms with Crippen LogP contribution < -0.4 is 0 Å². The maximum absolute atomic E-state index is 11.7. The Morgan fingerprint density at radius 1 is 1.56 bits per heavy atom. The average Bonchev–Trinajstić information content (AvgIpc) is 2.36. The number of carbonyl (C=O) groups excluding carboxylic acids is 1. The highest BCUT2D eigenvalue weighted by Crippen LogP contribution is 2.51. The Morgan fingerprint density at radius 2 is 2.12 bits per heavy atom. The van der Waals surface area contributed by atoms with E-state index in [9.17, 15) is 9.90 Å². The molecule has 0 bridgehead atoms. The van der Waals surface area contributed by atoms with E-state index in [1.54, 1.807) is 0 Å². The summed E-state index contributed by atoms with van der Waals surface area (Å²) in [5.74, 6) is -0.532. The van der Waals surface area contributed by atoms with Crippen LogP contribution in [0.4, 0.5) is 0 Å². The maximum atomic E-state index is 11.7. The lowest BCUT2D eigenvalue weighted by molar-refractivity contribution is -0.159. The van der Waals surface area contributed by atoms with Crippen LogP contribution >= 0.6 is 0 Å². The van der Waals surface area contributed by atoms with E-state index in [-0.39, 0.29) is 17.3 Å². The largest absolute Gasteiger partial charge is 0.469 e. The van der Waals surface area contributed by atoms with E-state index in [1.165, 1.54) is 7.11 Å². The summed E-state index contributed by atoms with van der Waals surface area (Å²) >= 11 is 0. The van der Waals surface area contributed by atoms with Crippen molar-refractivity contribution in [2.75, 3.05) is 7.11 Å². The van der Waals surface area contributed by atoms with E-state index in [0.29, 0.717) is 12.8 Å². The van der Waals surface area contributed by atoms with Crippen molar-refractivity contribution in [1.29, 1.82) is 0 Å². The van der Waals surface area contributed by atoms with Crippen LogP contribution in [0, 0.1) is 17.3 Å². The molecular formula is C13H24O3. The van der Waals surface area contributed by atoms with E-state index in [4.69, 9.17) is 4.74 Å². The molecule has 94 valence electrons. The molecule has 0 aliphatic heterocycles. The SMILES string of the molecule is CCC(C(=O)OC)C1(O)CC(C)(C)CC1C. The second-order valence-electron chi connectivity index (χ2n) is 5.92. The molecule has 0 aromatic rings. The maximum Gasteiger partial charge on any atom is 0.311 e. The summed E-state index contributed by atoms with van der Waals surface area (Å²) < 4.78 is 4.80. The van der Waals surface area contributed by atoms with Crippen molar-refractivity contribution in [2.45, 2.75) is 52.6 Å². The number of aliphatic hydroxyl groups is 1. The molecule has 1 N–H and O–H groups in total. The Labute approximate surface area is 98.2 Å². The van der Waals surface area contributed by atoms with Crippen molar-refractivity contribution in [1.82, 2.24) is 0 Å². The molecule has 1 aliphatic rings. The van der Waals surface area contributed by atoms with Gasteiger partial charge in [-0.15, -0.1) is 0 Å². The third kappa shape index (κ3) is 2.24. The molecule has 1 saturated carbocycles. The minimum absolute atomic E-state index is 0.107. The smallest absolute Gasteiger partial charge is 0.311 e. The van der Waals surface area contributed by atoms with Crippen molar-refractivity contribution in [3.63, 3.8) is 0 Å². The molecule has 0 amide bonds. The molecule has 0 aromatic carbocycles. The molecule has 3 nitrogen and oxygen atoms in total. The molecule has 0 spiro atoms. The van der Waals surface area contributed by atoms with Gasteiger partial charge < -0.3 is 9.84 Å². The van der Waals surface area contributed by atoms with Gasteiger partial charge in [-0.3, -0.25) is 4.79 Å². The Kier molecular flexibility index (Phi) is 3.68. The summed E-state index contributed by atoms with van der Waals surface area (Å²) in [5, 5.41) is 10.8. The summed E-state index contributed by atoms with van der Waals surface area (Å²) in [6, 6.07) is 0. The Hall–Kier alpha value is -0.570. The first kappa shape index (κ1) is 13.5. The normalized spacial score (nSPS) is 34.8. The van der Waals surface area contributed by atoms with E-state index < -0.39 is 11.5 Å². The molecule has 1 fully saturated rings. The zero-order chi connectivity index (χ0) is 12.6. The predicted molar refractivity (Wildman–Crippen MR) is 62.9 cm³/mol. The van der Waals surface area contributed by atoms with Gasteiger partial charge in [0.1, 0.15) is 0 Å². The summed E-state index contributed by atoms with van der Waals surface area (Å²) in [7, 11) is 1.39. The van der Waals surface area contributed by atoms with Crippen molar-refractivity contribution in [3.05, 3.63) is 0 Å². The van der Waals surface area contributed by atoms with Crippen LogP contribution in [-0.4, -0.2) is 23.8 Å². The highest BCUT2D eigenvalue weighted by atomic mass is 16.5. The number of methoxy groups -OCH3 is 1. The molecular weight excluding hydrogens is 204 g/mol. The first-order valence-electron chi connectivity index (χ1n) is 6.07. The molecule has 0 radical (unpaired) electrons. The van der Waals surface area contributed by atoms with Crippen LogP contribution in [0.3, 0.4) is 0 Å². The molecule has 3 heteroatoms. The lowest BCUT2D eigenvalue weighted by Gasteiger charge is -2.34. The first-order chi connectivity index (χ1) is 7.27. The molecule has 1 rings (SSSR count). The highest BCUT2D eigenvalue weighted by molar-refractivity contribution is 5.73. The number of hydrogen-bond acceptors (Lipinski definition) is 3. The Morgan fingerprint density at radius 3 is 2.44 bits per heavy atom. The van der Waals surface area contributed by atoms with Gasteiger partial charge in [-0.25, -0.2) is 0 Å². The van der Waals surface area contributed by atoms with E-state index in [1.807, 2.05) is 13.8 Å². The van der Waals surface area contributed by atoms with Crippen molar-refractivity contribution < 1.29 is 14.6 Å². The van der Waals surface area contributed by atoms with Gasteiger partial charge in [0.05, 0.1) is 18.6 Å². The molecule has 3 atom stereocenters. The van der Waals surface area contributed by atoms with E-state index in [0.717, 1.165) is 6.42 Å². The van der Waals surface area contributed by atoms with Crippen molar-refractivity contribution in [2.24, 2.45) is 17.3 Å². The van der Waals surface area contributed by atoms with Crippen LogP contribution in [0.15, 0.2) is 0 Å². The van der Waals surface area contributed by atoms with Gasteiger partial charge in [-0.05, 0) is 30.6 Å². The Bertz CT molecular complexity index is 272. The van der Waals surface area contributed by atoms with Gasteiger partial charge in [0.25, 0.3) is 0 Å². The number of carbonyl (C=O) groups is 1. The van der Waals surface area contributed by atoms with Crippen LogP contribution in [0.2, 0.25) is 0 Å². The molecule has 0 aromatic heterocycles. The second kappa shape index (κ2) is 4.36. The summed E-state index contributed by atoms with van der Waals surface area (Å²) in [5.41, 5.74) is -0.791. The minimum Gasteiger partial charge on any atom is -0.469 e. The van der Waals surface area contributed by atoms with Crippen LogP contribution in [0.25, 0.3) is 0 Å². The first-order valence-corrected chi connectivity index (χ1v) is 6.07. The monoisotopic (exact) mass is 228 g/mol. The number of esters is 1. The number of rotatable bonds is 3. The van der Waals surface area contributed by atoms with Crippen LogP contribution in [0.5, 0.6) is 0 Å². The summed E-state index contributed by atoms with van der Waals surface area (Å²) in [6.45, 7) is 8.24. The summed E-state index contributed by atoms with van der Waals surface area (Å²) in [6.07, 6.45) is 2.26. The predicted octanol–water partition coefficient (Wildman–Crippen LogP) is 2.37. The standard InChI is InChI=1S/C13H24O3/c1-6-10(11(14)16-5)13(15)8-12(3,4)7-9(13)2/h9-10,15H,6-8H2,1-5H3. The average molecular weight is 228 g/mol. The Balaban J connectivity index is 2.95. The molecule has 3 unspecified atom stereocenters. The minimum atomic E-state index is -0.897. The fourth-order valence-corrected chi connectivity index (χ4v) is 3.35. The third-order valence-corrected chi connectivity index (χ3v) is 3.97. The van der Waals surface area contributed by atoms with Gasteiger partial charge in [-0.1, -0.05) is 27.7 Å². The third-order valence-electron chi connectivity index (χ3n) is 3.97. The lowest BCUT2D eigenvalue weighted by Crippen LogP contribution is -2.45. The fraction of sp³-hybridized carbons (Fsp3) is 0.923. The second-order valence-corrected chi connectivity index (χ2v) is 5.92. The van der Waals surface area contributed by atoms with E-state index in [2.05, 4.69) is 13.8 Å². The van der Waals surface area contributed by atoms with Crippen LogP contribution in [0.1, 0.15) is 47.0 Å². The van der Waals surface area contributed by atoms with Crippen molar-refractivity contribution >= 4 is 5.97 Å². The lowest BCUT2D eigenvalue weighted by atomic mass is 9.77. The number of hydrogen-bond donors (Lipinski definition) is 1. The van der Waals surface area contributed by atoms with Gasteiger partial charge >= 0.3 is 5.97 Å². The molecule has 1 aliphatic carbocycles. The van der Waals surface area contributed by atoms with Crippen LogP contribution in [-0.2, 0) is 9.53 Å². The number of ether oxygens (including phenoxy) is 1. The van der Waals surface area contributed by atoms with Gasteiger partial charge in [0.15, 0.2) is 0 Å². The zero-order valence-corrected chi connectivity index (χ0v) is 11.0. The van der Waals surface area contributed by atoms with E-state index >= 15 is 0 Å². The summed E-state index contributed by atoms with van der Waals surface area (Å²) in [4.78, 5) is 11.7.